The molecule has 220 valence electrons. The van der Waals surface area contributed by atoms with Crippen molar-refractivity contribution in [1.29, 1.82) is 5.41 Å². The molecule has 4 fully saturated rings. The summed E-state index contributed by atoms with van der Waals surface area (Å²) in [4.78, 5) is 13.8. The average Bonchev–Trinajstić information content (AvgIpc) is 3.70. The lowest BCUT2D eigenvalue weighted by atomic mass is 9.67. The number of amides is 1. The van der Waals surface area contributed by atoms with Crippen LogP contribution in [0.4, 0.5) is 17.6 Å². The first kappa shape index (κ1) is 28.6. The first-order valence-corrected chi connectivity index (χ1v) is 14.7. The molecule has 11 heteroatoms. The van der Waals surface area contributed by atoms with Gasteiger partial charge in [-0.05, 0) is 86.9 Å². The van der Waals surface area contributed by atoms with Crippen molar-refractivity contribution < 1.29 is 22.4 Å². The van der Waals surface area contributed by atoms with Gasteiger partial charge in [-0.15, -0.1) is 0 Å². The molecule has 0 spiro atoms. The van der Waals surface area contributed by atoms with Gasteiger partial charge in [0, 0.05) is 51.2 Å². The van der Waals surface area contributed by atoms with Crippen LogP contribution in [-0.2, 0) is 18.4 Å². The maximum absolute atomic E-state index is 14.2. The summed E-state index contributed by atoms with van der Waals surface area (Å²) in [6.07, 6.45) is 4.30. The topological polar surface area (TPSA) is 86.9 Å². The molecule has 4 aliphatic rings. The highest BCUT2D eigenvalue weighted by atomic mass is 19.4. The molecular formula is C28H44F4N6O. The number of nitrogens with zero attached hydrogens (tertiary/aromatic N) is 2. The molecule has 39 heavy (non-hydrogen) atoms. The van der Waals surface area contributed by atoms with Crippen LogP contribution in [-0.4, -0.2) is 52.7 Å². The standard InChI is InChI=1S/C28H44F4N6O/c1-16-9-19(5-6-23(16)29)24(18-3-4-18)36-26(39)21-11-17(14-38-8-7-37(2)27(38)33)10-20(12-21)22-13-34-15-35-25(22)28(30,31)32/h7-8,16-25,33-35H,3-6,9-15H2,1-2H3,(H,36,39)/t16?,17?,19?,20?,21?,22?,23?,24-,25?/m0/s1. The van der Waals surface area contributed by atoms with Gasteiger partial charge in [-0.2, -0.15) is 13.2 Å². The maximum atomic E-state index is 14.2. The van der Waals surface area contributed by atoms with E-state index in [1.165, 1.54) is 0 Å². The van der Waals surface area contributed by atoms with Gasteiger partial charge in [0.1, 0.15) is 12.2 Å². The van der Waals surface area contributed by atoms with E-state index in [1.807, 2.05) is 17.7 Å². The predicted molar refractivity (Wildman–Crippen MR) is 139 cm³/mol. The molecule has 5 rings (SSSR count). The van der Waals surface area contributed by atoms with Crippen molar-refractivity contribution in [3.63, 3.8) is 0 Å². The van der Waals surface area contributed by atoms with E-state index in [1.54, 1.807) is 17.8 Å². The number of halogens is 4. The highest BCUT2D eigenvalue weighted by Crippen LogP contribution is 2.45. The normalized spacial score (nSPS) is 36.9. The molecule has 0 bridgehead atoms. The molecule has 1 aromatic heterocycles. The van der Waals surface area contributed by atoms with Gasteiger partial charge >= 0.3 is 6.18 Å². The first-order valence-electron chi connectivity index (χ1n) is 14.7. The molecule has 1 saturated heterocycles. The maximum Gasteiger partial charge on any atom is 0.404 e. The van der Waals surface area contributed by atoms with Gasteiger partial charge in [-0.1, -0.05) is 6.92 Å². The van der Waals surface area contributed by atoms with Crippen molar-refractivity contribution in [1.82, 2.24) is 25.1 Å². The Morgan fingerprint density at radius 2 is 1.87 bits per heavy atom. The third-order valence-corrected chi connectivity index (χ3v) is 10.0. The number of alkyl halides is 4. The summed E-state index contributed by atoms with van der Waals surface area (Å²) in [6, 6.07) is -1.57. The van der Waals surface area contributed by atoms with Gasteiger partial charge in [0.15, 0.2) is 0 Å². The number of carbonyl (C=O) groups is 1. The Morgan fingerprint density at radius 1 is 1.13 bits per heavy atom. The quantitative estimate of drug-likeness (QED) is 0.387. The second-order valence-electron chi connectivity index (χ2n) is 12.9. The Labute approximate surface area is 228 Å². The summed E-state index contributed by atoms with van der Waals surface area (Å²) >= 11 is 0. The Kier molecular flexibility index (Phi) is 8.48. The van der Waals surface area contributed by atoms with Gasteiger partial charge in [-0.25, -0.2) is 4.39 Å². The zero-order valence-electron chi connectivity index (χ0n) is 23.0. The van der Waals surface area contributed by atoms with Crippen LogP contribution in [0.15, 0.2) is 12.4 Å². The van der Waals surface area contributed by atoms with Gasteiger partial charge in [-0.3, -0.25) is 15.5 Å². The van der Waals surface area contributed by atoms with Crippen LogP contribution in [0.2, 0.25) is 0 Å². The lowest BCUT2D eigenvalue weighted by Crippen LogP contribution is -2.60. The van der Waals surface area contributed by atoms with E-state index in [0.29, 0.717) is 43.8 Å². The number of nitrogens with one attached hydrogen (secondary N) is 4. The number of rotatable bonds is 7. The van der Waals surface area contributed by atoms with Crippen molar-refractivity contribution in [2.75, 3.05) is 13.2 Å². The van der Waals surface area contributed by atoms with Gasteiger partial charge < -0.3 is 19.8 Å². The lowest BCUT2D eigenvalue weighted by molar-refractivity contribution is -0.179. The minimum atomic E-state index is -4.36. The van der Waals surface area contributed by atoms with Crippen LogP contribution in [0.5, 0.6) is 0 Å². The minimum absolute atomic E-state index is 0.00631. The Balaban J connectivity index is 1.34. The van der Waals surface area contributed by atoms with Gasteiger partial charge in [0.2, 0.25) is 11.5 Å². The molecule has 1 aromatic rings. The second kappa shape index (κ2) is 11.5. The SMILES string of the molecule is CC1CC([C@@H](NC(=O)C2CC(Cn3ccn(C)c3=N)CC(C3CNCNC3C(F)(F)F)C2)C2CC2)CCC1F. The molecule has 8 unspecified atom stereocenters. The predicted octanol–water partition coefficient (Wildman–Crippen LogP) is 3.71. The number of aromatic nitrogens is 2. The monoisotopic (exact) mass is 556 g/mol. The molecule has 0 radical (unpaired) electrons. The number of aryl methyl sites for hydroxylation is 1. The van der Waals surface area contributed by atoms with E-state index in [9.17, 15) is 22.4 Å². The van der Waals surface area contributed by atoms with Gasteiger partial charge in [0.25, 0.3) is 0 Å². The highest BCUT2D eigenvalue weighted by molar-refractivity contribution is 5.79. The van der Waals surface area contributed by atoms with Crippen LogP contribution in [0.25, 0.3) is 0 Å². The van der Waals surface area contributed by atoms with Crippen LogP contribution >= 0.6 is 0 Å². The first-order chi connectivity index (χ1) is 18.5. The largest absolute Gasteiger partial charge is 0.404 e. The number of imidazole rings is 1. The van der Waals surface area contributed by atoms with E-state index in [2.05, 4.69) is 16.0 Å². The highest BCUT2D eigenvalue weighted by Gasteiger charge is 2.50. The Hall–Kier alpha value is -1.88. The second-order valence-corrected chi connectivity index (χ2v) is 12.9. The summed E-state index contributed by atoms with van der Waals surface area (Å²) in [6.45, 7) is 2.84. The van der Waals surface area contributed by atoms with E-state index in [0.717, 1.165) is 25.7 Å². The average molecular weight is 557 g/mol. The van der Waals surface area contributed by atoms with E-state index in [-0.39, 0.29) is 54.8 Å². The van der Waals surface area contributed by atoms with Crippen molar-refractivity contribution in [2.45, 2.75) is 89.3 Å². The molecule has 1 aliphatic heterocycles. The molecule has 1 amide bonds. The van der Waals surface area contributed by atoms with Gasteiger partial charge in [0.05, 0.1) is 0 Å². The fourth-order valence-corrected chi connectivity index (χ4v) is 7.72. The van der Waals surface area contributed by atoms with Crippen molar-refractivity contribution in [3.05, 3.63) is 18.0 Å². The molecule has 3 aliphatic carbocycles. The van der Waals surface area contributed by atoms with E-state index in [4.69, 9.17) is 5.41 Å². The van der Waals surface area contributed by atoms with Crippen LogP contribution in [0, 0.1) is 46.8 Å². The number of carbonyl (C=O) groups excluding carboxylic acids is 1. The van der Waals surface area contributed by atoms with Crippen LogP contribution in [0.3, 0.4) is 0 Å². The number of hydrogen-bond donors (Lipinski definition) is 4. The van der Waals surface area contributed by atoms with Crippen molar-refractivity contribution in [2.24, 2.45) is 48.5 Å². The fourth-order valence-electron chi connectivity index (χ4n) is 7.72. The third-order valence-electron chi connectivity index (χ3n) is 10.0. The molecule has 0 aromatic carbocycles. The summed E-state index contributed by atoms with van der Waals surface area (Å²) in [5.41, 5.74) is 0.332. The third kappa shape index (κ3) is 6.55. The van der Waals surface area contributed by atoms with Crippen molar-refractivity contribution in [3.8, 4) is 0 Å². The van der Waals surface area contributed by atoms with E-state index < -0.39 is 24.3 Å². The van der Waals surface area contributed by atoms with E-state index >= 15 is 0 Å². The minimum Gasteiger partial charge on any atom is -0.353 e. The number of hydrogen-bond acceptors (Lipinski definition) is 4. The summed E-state index contributed by atoms with van der Waals surface area (Å²) in [7, 11) is 1.79. The molecule has 7 nitrogen and oxygen atoms in total. The fraction of sp³-hybridized carbons (Fsp3) is 0.857. The summed E-state index contributed by atoms with van der Waals surface area (Å²) in [5.74, 6) is -0.707. The van der Waals surface area contributed by atoms with Crippen LogP contribution < -0.4 is 21.6 Å². The van der Waals surface area contributed by atoms with Crippen LogP contribution in [0.1, 0.15) is 58.3 Å². The summed E-state index contributed by atoms with van der Waals surface area (Å²) < 4.78 is 59.7. The molecule has 2 heterocycles. The molecule has 9 atom stereocenters. The smallest absolute Gasteiger partial charge is 0.353 e. The zero-order chi connectivity index (χ0) is 27.9. The Bertz CT molecular complexity index is 1050. The molecular weight excluding hydrogens is 512 g/mol. The molecule has 3 saturated carbocycles. The summed E-state index contributed by atoms with van der Waals surface area (Å²) in [5, 5.41) is 17.4. The lowest BCUT2D eigenvalue weighted by Gasteiger charge is -2.44. The Morgan fingerprint density at radius 3 is 2.51 bits per heavy atom. The van der Waals surface area contributed by atoms with Crippen molar-refractivity contribution >= 4 is 5.91 Å². The zero-order valence-corrected chi connectivity index (χ0v) is 23.0. The molecule has 4 N–H and O–H groups in total.